The van der Waals surface area contributed by atoms with Gasteiger partial charge in [0, 0.05) is 23.5 Å². The molecule has 3 heterocycles. The molecule has 0 aliphatic heterocycles. The molecule has 148 valence electrons. The number of aromatic nitrogens is 3. The molecule has 7 heteroatoms. The van der Waals surface area contributed by atoms with Gasteiger partial charge in [0.05, 0.1) is 24.0 Å². The van der Waals surface area contributed by atoms with Crippen molar-refractivity contribution in [3.05, 3.63) is 80.5 Å². The summed E-state index contributed by atoms with van der Waals surface area (Å²) in [6, 6.07) is 10.5. The minimum Gasteiger partial charge on any atom is -0.364 e. The minimum atomic E-state index is 0.0714. The smallest absolute Gasteiger partial charge is 0.262 e. The van der Waals surface area contributed by atoms with Crippen LogP contribution in [-0.4, -0.2) is 20.7 Å². The van der Waals surface area contributed by atoms with E-state index in [0.29, 0.717) is 19.1 Å². The molecule has 1 aliphatic rings. The largest absolute Gasteiger partial charge is 0.364 e. The minimum absolute atomic E-state index is 0.0714. The van der Waals surface area contributed by atoms with Crippen molar-refractivity contribution in [3.63, 3.8) is 0 Å². The predicted molar refractivity (Wildman–Crippen MR) is 113 cm³/mol. The molecule has 0 fully saturated rings. The van der Waals surface area contributed by atoms with Crippen molar-refractivity contribution < 1.29 is 4.52 Å². The average Bonchev–Trinajstić information content (AvgIpc) is 3.37. The first-order valence-electron chi connectivity index (χ1n) is 9.85. The number of nitrogens with one attached hydrogen (secondary N) is 1. The maximum Gasteiger partial charge on any atom is 0.262 e. The third-order valence-electron chi connectivity index (χ3n) is 5.57. The SMILES string of the molecule is Cc1ccc(Cn2cnc3sc4c(c3c2=O)CC[C@@H](NCc2ccon2)C4)cc1. The first-order valence-corrected chi connectivity index (χ1v) is 10.7. The first kappa shape index (κ1) is 18.3. The lowest BCUT2D eigenvalue weighted by atomic mass is 9.93. The maximum atomic E-state index is 13.2. The monoisotopic (exact) mass is 406 g/mol. The molecular formula is C22H22N4O2S. The van der Waals surface area contributed by atoms with Crippen LogP contribution in [0.1, 0.15) is 33.7 Å². The lowest BCUT2D eigenvalue weighted by Crippen LogP contribution is -2.34. The number of nitrogens with zero attached hydrogens (tertiary/aromatic N) is 3. The number of benzene rings is 1. The Morgan fingerprint density at radius 1 is 1.28 bits per heavy atom. The highest BCUT2D eigenvalue weighted by Gasteiger charge is 2.25. The van der Waals surface area contributed by atoms with E-state index >= 15 is 0 Å². The van der Waals surface area contributed by atoms with Crippen molar-refractivity contribution in [2.24, 2.45) is 0 Å². The zero-order chi connectivity index (χ0) is 19.8. The molecule has 0 radical (unpaired) electrons. The molecule has 0 bridgehead atoms. The summed E-state index contributed by atoms with van der Waals surface area (Å²) in [6.07, 6.45) is 6.11. The maximum absolute atomic E-state index is 13.2. The molecule has 1 atom stereocenters. The number of thiophene rings is 1. The highest BCUT2D eigenvalue weighted by Crippen LogP contribution is 2.33. The van der Waals surface area contributed by atoms with Crippen LogP contribution in [-0.2, 0) is 25.9 Å². The Morgan fingerprint density at radius 2 is 2.14 bits per heavy atom. The topological polar surface area (TPSA) is 73.0 Å². The third-order valence-corrected chi connectivity index (χ3v) is 6.73. The van der Waals surface area contributed by atoms with E-state index in [9.17, 15) is 4.79 Å². The summed E-state index contributed by atoms with van der Waals surface area (Å²) < 4.78 is 6.62. The third kappa shape index (κ3) is 3.63. The van der Waals surface area contributed by atoms with Crippen LogP contribution in [0.2, 0.25) is 0 Å². The predicted octanol–water partition coefficient (Wildman–Crippen LogP) is 3.45. The Bertz CT molecular complexity index is 1190. The van der Waals surface area contributed by atoms with E-state index in [4.69, 9.17) is 4.52 Å². The van der Waals surface area contributed by atoms with Gasteiger partial charge in [-0.25, -0.2) is 4.98 Å². The van der Waals surface area contributed by atoms with Crippen molar-refractivity contribution in [2.75, 3.05) is 0 Å². The van der Waals surface area contributed by atoms with Crippen LogP contribution in [0.15, 0.2) is 52.2 Å². The van der Waals surface area contributed by atoms with Crippen molar-refractivity contribution >= 4 is 21.6 Å². The molecule has 0 unspecified atom stereocenters. The highest BCUT2D eigenvalue weighted by molar-refractivity contribution is 7.18. The fourth-order valence-electron chi connectivity index (χ4n) is 3.96. The average molecular weight is 407 g/mol. The Morgan fingerprint density at radius 3 is 2.93 bits per heavy atom. The van der Waals surface area contributed by atoms with Gasteiger partial charge in [0.1, 0.15) is 11.1 Å². The van der Waals surface area contributed by atoms with Gasteiger partial charge in [-0.05, 0) is 37.3 Å². The Balaban J connectivity index is 1.39. The van der Waals surface area contributed by atoms with Crippen LogP contribution >= 0.6 is 11.3 Å². The summed E-state index contributed by atoms with van der Waals surface area (Å²) in [5, 5.41) is 8.32. The molecule has 0 saturated carbocycles. The molecule has 4 aromatic rings. The summed E-state index contributed by atoms with van der Waals surface area (Å²) in [7, 11) is 0. The zero-order valence-electron chi connectivity index (χ0n) is 16.2. The number of aryl methyl sites for hydroxylation is 2. The van der Waals surface area contributed by atoms with E-state index in [1.807, 2.05) is 6.07 Å². The van der Waals surface area contributed by atoms with Gasteiger partial charge >= 0.3 is 0 Å². The number of hydrogen-bond donors (Lipinski definition) is 1. The van der Waals surface area contributed by atoms with Crippen LogP contribution in [0.3, 0.4) is 0 Å². The molecule has 1 N–H and O–H groups in total. The van der Waals surface area contributed by atoms with Crippen molar-refractivity contribution in [1.29, 1.82) is 0 Å². The van der Waals surface area contributed by atoms with Crippen LogP contribution in [0.25, 0.3) is 10.2 Å². The van der Waals surface area contributed by atoms with Crippen molar-refractivity contribution in [2.45, 2.75) is 45.3 Å². The van der Waals surface area contributed by atoms with Gasteiger partial charge in [-0.2, -0.15) is 0 Å². The molecule has 0 amide bonds. The summed E-state index contributed by atoms with van der Waals surface area (Å²) in [5.74, 6) is 0. The van der Waals surface area contributed by atoms with Crippen LogP contribution in [0, 0.1) is 6.92 Å². The van der Waals surface area contributed by atoms with Gasteiger partial charge in [-0.1, -0.05) is 35.0 Å². The van der Waals surface area contributed by atoms with E-state index in [-0.39, 0.29) is 5.56 Å². The summed E-state index contributed by atoms with van der Waals surface area (Å²) in [5.41, 5.74) is 4.50. The van der Waals surface area contributed by atoms with Gasteiger partial charge in [-0.3, -0.25) is 9.36 Å². The van der Waals surface area contributed by atoms with E-state index in [0.717, 1.165) is 40.7 Å². The molecule has 5 rings (SSSR count). The van der Waals surface area contributed by atoms with Gasteiger partial charge in [-0.15, -0.1) is 11.3 Å². The molecule has 0 spiro atoms. The summed E-state index contributed by atoms with van der Waals surface area (Å²) in [6.45, 7) is 3.31. The van der Waals surface area contributed by atoms with Gasteiger partial charge in [0.25, 0.3) is 5.56 Å². The molecule has 29 heavy (non-hydrogen) atoms. The lowest BCUT2D eigenvalue weighted by Gasteiger charge is -2.23. The Hall–Kier alpha value is -2.77. The summed E-state index contributed by atoms with van der Waals surface area (Å²) >= 11 is 1.66. The number of rotatable bonds is 5. The lowest BCUT2D eigenvalue weighted by molar-refractivity contribution is 0.399. The molecular weight excluding hydrogens is 384 g/mol. The molecule has 1 aromatic carbocycles. The molecule has 6 nitrogen and oxygen atoms in total. The van der Waals surface area contributed by atoms with E-state index in [1.54, 1.807) is 28.5 Å². The fraction of sp³-hybridized carbons (Fsp3) is 0.318. The van der Waals surface area contributed by atoms with Crippen LogP contribution in [0.5, 0.6) is 0 Å². The van der Waals surface area contributed by atoms with Crippen LogP contribution in [0.4, 0.5) is 0 Å². The van der Waals surface area contributed by atoms with Crippen molar-refractivity contribution in [1.82, 2.24) is 20.0 Å². The normalized spacial score (nSPS) is 16.2. The fourth-order valence-corrected chi connectivity index (χ4v) is 5.21. The Kier molecular flexibility index (Phi) is 4.77. The summed E-state index contributed by atoms with van der Waals surface area (Å²) in [4.78, 5) is 19.9. The molecule has 1 aliphatic carbocycles. The highest BCUT2D eigenvalue weighted by atomic mass is 32.1. The zero-order valence-corrected chi connectivity index (χ0v) is 17.0. The van der Waals surface area contributed by atoms with Crippen molar-refractivity contribution in [3.8, 4) is 0 Å². The van der Waals surface area contributed by atoms with Gasteiger partial charge in [0.2, 0.25) is 0 Å². The first-order chi connectivity index (χ1) is 14.2. The molecule has 0 saturated heterocycles. The molecule has 3 aromatic heterocycles. The van der Waals surface area contributed by atoms with E-state index in [1.165, 1.54) is 16.0 Å². The number of hydrogen-bond acceptors (Lipinski definition) is 6. The quantitative estimate of drug-likeness (QED) is 0.550. The van der Waals surface area contributed by atoms with Gasteiger partial charge < -0.3 is 9.84 Å². The van der Waals surface area contributed by atoms with E-state index < -0.39 is 0 Å². The van der Waals surface area contributed by atoms with Crippen LogP contribution < -0.4 is 10.9 Å². The van der Waals surface area contributed by atoms with Gasteiger partial charge in [0.15, 0.2) is 0 Å². The second-order valence-electron chi connectivity index (χ2n) is 7.66. The Labute approximate surface area is 172 Å². The standard InChI is InChI=1S/C22H22N4O2S/c1-14-2-4-15(5-3-14)12-26-13-24-21-20(22(26)27)18-7-6-16(10-19(18)29-21)23-11-17-8-9-28-25-17/h2-5,8-9,13,16,23H,6-7,10-12H2,1H3/t16-/m1/s1. The number of fused-ring (bicyclic) bond motifs is 3. The van der Waals surface area contributed by atoms with E-state index in [2.05, 4.69) is 46.6 Å². The second kappa shape index (κ2) is 7.57. The second-order valence-corrected chi connectivity index (χ2v) is 8.74.